The molecule has 2 atom stereocenters. The van der Waals surface area contributed by atoms with Crippen molar-refractivity contribution in [1.82, 2.24) is 5.32 Å². The van der Waals surface area contributed by atoms with Gasteiger partial charge in [-0.2, -0.15) is 0 Å². The maximum absolute atomic E-state index is 13.3. The predicted molar refractivity (Wildman–Crippen MR) is 114 cm³/mol. The summed E-state index contributed by atoms with van der Waals surface area (Å²) >= 11 is 0. The summed E-state index contributed by atoms with van der Waals surface area (Å²) < 4.78 is 13.3. The summed E-state index contributed by atoms with van der Waals surface area (Å²) in [6.45, 7) is 5.94. The van der Waals surface area contributed by atoms with E-state index in [-0.39, 0.29) is 42.7 Å². The molecule has 156 valence electrons. The summed E-state index contributed by atoms with van der Waals surface area (Å²) in [5.41, 5.74) is 4.25. The fourth-order valence-electron chi connectivity index (χ4n) is 4.23. The number of Topliss-reactive ketones (excluding diaryl/α,β-unsaturated/α-hetero) is 2. The number of ketones is 2. The number of allylic oxidation sites excluding steroid dienone is 1. The normalized spacial score (nSPS) is 18.9. The van der Waals surface area contributed by atoms with Gasteiger partial charge in [-0.1, -0.05) is 36.4 Å². The summed E-state index contributed by atoms with van der Waals surface area (Å²) in [5.74, 6) is -2.43. The Balaban J connectivity index is 1.70. The van der Waals surface area contributed by atoms with Crippen LogP contribution in [0, 0.1) is 25.6 Å². The van der Waals surface area contributed by atoms with Crippen molar-refractivity contribution in [1.29, 1.82) is 0 Å². The molecule has 1 aliphatic carbocycles. The van der Waals surface area contributed by atoms with E-state index in [1.807, 2.05) is 45.1 Å². The first-order chi connectivity index (χ1) is 14.3. The first kappa shape index (κ1) is 21.6. The van der Waals surface area contributed by atoms with Gasteiger partial charge >= 0.3 is 0 Å². The summed E-state index contributed by atoms with van der Waals surface area (Å²) in [4.78, 5) is 38.0. The fourth-order valence-corrected chi connectivity index (χ4v) is 4.23. The van der Waals surface area contributed by atoms with Crippen LogP contribution >= 0.6 is 0 Å². The van der Waals surface area contributed by atoms with Crippen LogP contribution in [-0.2, 0) is 20.9 Å². The predicted octanol–water partition coefficient (Wildman–Crippen LogP) is 4.42. The quantitative estimate of drug-likeness (QED) is 0.721. The third-order valence-electron chi connectivity index (χ3n) is 5.53. The number of hydrogen-bond donors (Lipinski definition) is 1. The Bertz CT molecular complexity index is 1000. The molecule has 1 N–H and O–H groups in total. The molecule has 0 aliphatic heterocycles. The number of carbonyl (C=O) groups is 3. The van der Waals surface area contributed by atoms with Crippen LogP contribution in [-0.4, -0.2) is 17.5 Å². The molecule has 1 saturated carbocycles. The molecule has 1 fully saturated rings. The van der Waals surface area contributed by atoms with Gasteiger partial charge in [-0.3, -0.25) is 14.4 Å². The van der Waals surface area contributed by atoms with E-state index in [4.69, 9.17) is 0 Å². The standard InChI is InChI=1S/C25H26FNO3/c1-4-6-17-9-15(2)23(16(3)10-17)24-21(28)12-19(25(24)30)13-22(29)27-14-18-7-5-8-20(26)11-18/h4-11,19,24H,12-14H2,1-3H3,(H,27,29)/b6-4+. The minimum atomic E-state index is -0.800. The van der Waals surface area contributed by atoms with Gasteiger partial charge in [0.1, 0.15) is 17.5 Å². The number of hydrogen-bond acceptors (Lipinski definition) is 3. The van der Waals surface area contributed by atoms with Crippen molar-refractivity contribution in [3.05, 3.63) is 76.1 Å². The Morgan fingerprint density at radius 1 is 1.17 bits per heavy atom. The van der Waals surface area contributed by atoms with Gasteiger partial charge in [-0.25, -0.2) is 4.39 Å². The van der Waals surface area contributed by atoms with E-state index in [9.17, 15) is 18.8 Å². The smallest absolute Gasteiger partial charge is 0.221 e. The van der Waals surface area contributed by atoms with Crippen molar-refractivity contribution < 1.29 is 18.8 Å². The van der Waals surface area contributed by atoms with Crippen LogP contribution < -0.4 is 5.32 Å². The van der Waals surface area contributed by atoms with E-state index < -0.39 is 11.8 Å². The first-order valence-corrected chi connectivity index (χ1v) is 10.1. The Labute approximate surface area is 176 Å². The van der Waals surface area contributed by atoms with Crippen LogP contribution in [0.4, 0.5) is 4.39 Å². The maximum atomic E-state index is 13.3. The Kier molecular flexibility index (Phi) is 6.60. The largest absolute Gasteiger partial charge is 0.352 e. The molecule has 0 bridgehead atoms. The van der Waals surface area contributed by atoms with E-state index in [1.54, 1.807) is 12.1 Å². The molecule has 2 aromatic rings. The van der Waals surface area contributed by atoms with Crippen molar-refractivity contribution in [2.75, 3.05) is 0 Å². The number of halogens is 1. The molecule has 0 spiro atoms. The second-order valence-corrected chi connectivity index (χ2v) is 7.88. The number of carbonyl (C=O) groups excluding carboxylic acids is 3. The molecule has 0 aromatic heterocycles. The van der Waals surface area contributed by atoms with Gasteiger partial charge in [0.05, 0.1) is 0 Å². The highest BCUT2D eigenvalue weighted by atomic mass is 19.1. The second kappa shape index (κ2) is 9.16. The SMILES string of the molecule is C/C=C/c1cc(C)c(C2C(=O)CC(CC(=O)NCc3cccc(F)c3)C2=O)c(C)c1. The molecule has 2 aromatic carbocycles. The Hall–Kier alpha value is -3.08. The Morgan fingerprint density at radius 2 is 1.87 bits per heavy atom. The topological polar surface area (TPSA) is 63.2 Å². The van der Waals surface area contributed by atoms with Gasteiger partial charge in [0.25, 0.3) is 0 Å². The van der Waals surface area contributed by atoms with E-state index in [1.165, 1.54) is 12.1 Å². The zero-order valence-electron chi connectivity index (χ0n) is 17.5. The van der Waals surface area contributed by atoms with E-state index in [0.29, 0.717) is 5.56 Å². The molecule has 2 unspecified atom stereocenters. The van der Waals surface area contributed by atoms with Crippen molar-refractivity contribution in [3.63, 3.8) is 0 Å². The molecule has 1 aliphatic rings. The van der Waals surface area contributed by atoms with Gasteiger partial charge in [-0.15, -0.1) is 0 Å². The highest BCUT2D eigenvalue weighted by Gasteiger charge is 2.43. The van der Waals surface area contributed by atoms with Crippen LogP contribution in [0.3, 0.4) is 0 Å². The lowest BCUT2D eigenvalue weighted by Crippen LogP contribution is -2.27. The number of benzene rings is 2. The van der Waals surface area contributed by atoms with Crippen LogP contribution in [0.1, 0.15) is 53.5 Å². The minimum Gasteiger partial charge on any atom is -0.352 e. The van der Waals surface area contributed by atoms with E-state index in [0.717, 1.165) is 22.3 Å². The molecule has 0 saturated heterocycles. The van der Waals surface area contributed by atoms with E-state index >= 15 is 0 Å². The average molecular weight is 407 g/mol. The van der Waals surface area contributed by atoms with Crippen LogP contribution in [0.25, 0.3) is 6.08 Å². The molecule has 3 rings (SSSR count). The third-order valence-corrected chi connectivity index (χ3v) is 5.53. The molecule has 0 heterocycles. The highest BCUT2D eigenvalue weighted by Crippen LogP contribution is 2.37. The summed E-state index contributed by atoms with van der Waals surface area (Å²) in [6.07, 6.45) is 3.96. The van der Waals surface area contributed by atoms with Crippen LogP contribution in [0.15, 0.2) is 42.5 Å². The number of amides is 1. The molecule has 0 radical (unpaired) electrons. The maximum Gasteiger partial charge on any atom is 0.221 e. The zero-order chi connectivity index (χ0) is 21.8. The summed E-state index contributed by atoms with van der Waals surface area (Å²) in [5, 5.41) is 2.71. The monoisotopic (exact) mass is 407 g/mol. The van der Waals surface area contributed by atoms with Gasteiger partial charge in [0.2, 0.25) is 5.91 Å². The van der Waals surface area contributed by atoms with Crippen molar-refractivity contribution in [3.8, 4) is 0 Å². The second-order valence-electron chi connectivity index (χ2n) is 7.88. The highest BCUT2D eigenvalue weighted by molar-refractivity contribution is 6.15. The van der Waals surface area contributed by atoms with Crippen LogP contribution in [0.5, 0.6) is 0 Å². The zero-order valence-corrected chi connectivity index (χ0v) is 17.5. The number of aryl methyl sites for hydroxylation is 2. The van der Waals surface area contributed by atoms with Gasteiger partial charge in [0.15, 0.2) is 5.78 Å². The molecular formula is C25H26FNO3. The minimum absolute atomic E-state index is 0.0366. The van der Waals surface area contributed by atoms with Crippen LogP contribution in [0.2, 0.25) is 0 Å². The lowest BCUT2D eigenvalue weighted by atomic mass is 9.86. The number of nitrogens with one attached hydrogen (secondary N) is 1. The molecule has 30 heavy (non-hydrogen) atoms. The third kappa shape index (κ3) is 4.73. The van der Waals surface area contributed by atoms with Gasteiger partial charge in [0, 0.05) is 25.3 Å². The number of rotatable bonds is 6. The summed E-state index contributed by atoms with van der Waals surface area (Å²) in [7, 11) is 0. The summed E-state index contributed by atoms with van der Waals surface area (Å²) in [6, 6.07) is 9.93. The molecule has 1 amide bonds. The lowest BCUT2D eigenvalue weighted by molar-refractivity contribution is -0.128. The molecular weight excluding hydrogens is 381 g/mol. The van der Waals surface area contributed by atoms with Gasteiger partial charge < -0.3 is 5.32 Å². The lowest BCUT2D eigenvalue weighted by Gasteiger charge is -2.16. The molecule has 5 heteroatoms. The average Bonchev–Trinajstić information content (AvgIpc) is 2.94. The van der Waals surface area contributed by atoms with Crippen molar-refractivity contribution >= 4 is 23.5 Å². The Morgan fingerprint density at radius 3 is 2.50 bits per heavy atom. The first-order valence-electron chi connectivity index (χ1n) is 10.1. The van der Waals surface area contributed by atoms with Gasteiger partial charge in [-0.05, 0) is 60.7 Å². The van der Waals surface area contributed by atoms with Crippen molar-refractivity contribution in [2.24, 2.45) is 5.92 Å². The van der Waals surface area contributed by atoms with E-state index in [2.05, 4.69) is 5.32 Å². The fraction of sp³-hybridized carbons (Fsp3) is 0.320. The van der Waals surface area contributed by atoms with Crippen molar-refractivity contribution in [2.45, 2.75) is 46.1 Å². The molecule has 4 nitrogen and oxygen atoms in total.